The van der Waals surface area contributed by atoms with Crippen LogP contribution in [0.1, 0.15) is 36.4 Å². The van der Waals surface area contributed by atoms with E-state index in [0.717, 1.165) is 23.5 Å². The summed E-state index contributed by atoms with van der Waals surface area (Å²) < 4.78 is 0. The Balaban J connectivity index is 2.24. The van der Waals surface area contributed by atoms with Gasteiger partial charge in [0.1, 0.15) is 5.75 Å². The number of hydrogen-bond acceptors (Lipinski definition) is 2. The number of phenols is 1. The number of aromatic hydroxyl groups is 1. The fourth-order valence-corrected chi connectivity index (χ4v) is 2.16. The summed E-state index contributed by atoms with van der Waals surface area (Å²) in [6, 6.07) is 3.44. The van der Waals surface area contributed by atoms with Crippen molar-refractivity contribution in [3.63, 3.8) is 0 Å². The average molecular weight is 226 g/mol. The zero-order valence-electron chi connectivity index (χ0n) is 8.83. The zero-order valence-corrected chi connectivity index (χ0v) is 9.59. The summed E-state index contributed by atoms with van der Waals surface area (Å²) in [5.74, 6) is 1.05. The molecule has 0 heterocycles. The second-order valence-corrected chi connectivity index (χ2v) is 4.88. The molecular weight excluding hydrogens is 210 g/mol. The lowest BCUT2D eigenvalue weighted by atomic mass is 9.99. The van der Waals surface area contributed by atoms with Crippen LogP contribution in [0.2, 0.25) is 5.02 Å². The Labute approximate surface area is 95.1 Å². The van der Waals surface area contributed by atoms with Crippen molar-refractivity contribution in [1.29, 1.82) is 0 Å². The van der Waals surface area contributed by atoms with Crippen molar-refractivity contribution in [3.05, 3.63) is 28.3 Å². The minimum Gasteiger partial charge on any atom is -0.507 e. The van der Waals surface area contributed by atoms with Gasteiger partial charge in [0, 0.05) is 16.6 Å². The van der Waals surface area contributed by atoms with Gasteiger partial charge < -0.3 is 10.8 Å². The van der Waals surface area contributed by atoms with Crippen molar-refractivity contribution in [2.75, 3.05) is 0 Å². The monoisotopic (exact) mass is 225 g/mol. The SMILES string of the molecule is Cc1cc(Cl)cc([C@H](N)CC2CC2)c1O. The summed E-state index contributed by atoms with van der Waals surface area (Å²) in [6.07, 6.45) is 3.50. The highest BCUT2D eigenvalue weighted by Crippen LogP contribution is 2.39. The van der Waals surface area contributed by atoms with Gasteiger partial charge in [-0.3, -0.25) is 0 Å². The fraction of sp³-hybridized carbons (Fsp3) is 0.500. The Morgan fingerprint density at radius 3 is 2.80 bits per heavy atom. The first-order valence-electron chi connectivity index (χ1n) is 5.32. The van der Waals surface area contributed by atoms with Gasteiger partial charge in [0.25, 0.3) is 0 Å². The van der Waals surface area contributed by atoms with Crippen molar-refractivity contribution in [1.82, 2.24) is 0 Å². The van der Waals surface area contributed by atoms with Crippen LogP contribution in [0.3, 0.4) is 0 Å². The van der Waals surface area contributed by atoms with Crippen LogP contribution in [0, 0.1) is 12.8 Å². The van der Waals surface area contributed by atoms with Crippen molar-refractivity contribution in [2.45, 2.75) is 32.2 Å². The average Bonchev–Trinajstić information content (AvgIpc) is 2.94. The molecule has 3 N–H and O–H groups in total. The molecule has 0 amide bonds. The second-order valence-electron chi connectivity index (χ2n) is 4.45. The Morgan fingerprint density at radius 1 is 1.53 bits per heavy atom. The van der Waals surface area contributed by atoms with E-state index in [1.54, 1.807) is 12.1 Å². The van der Waals surface area contributed by atoms with E-state index < -0.39 is 0 Å². The number of rotatable bonds is 3. The van der Waals surface area contributed by atoms with Gasteiger partial charge in [-0.25, -0.2) is 0 Å². The summed E-state index contributed by atoms with van der Waals surface area (Å²) in [5.41, 5.74) is 7.64. The van der Waals surface area contributed by atoms with Gasteiger partial charge in [0.05, 0.1) is 0 Å². The van der Waals surface area contributed by atoms with Crippen LogP contribution in [0.5, 0.6) is 5.75 Å². The van der Waals surface area contributed by atoms with Gasteiger partial charge in [-0.2, -0.15) is 0 Å². The van der Waals surface area contributed by atoms with Crippen LogP contribution < -0.4 is 5.73 Å². The highest BCUT2D eigenvalue weighted by atomic mass is 35.5. The van der Waals surface area contributed by atoms with Gasteiger partial charge in [0.2, 0.25) is 0 Å². The van der Waals surface area contributed by atoms with E-state index in [2.05, 4.69) is 0 Å². The summed E-state index contributed by atoms with van der Waals surface area (Å²) in [5, 5.41) is 10.5. The number of aryl methyl sites for hydroxylation is 1. The minimum absolute atomic E-state index is 0.0881. The molecule has 1 aliphatic rings. The van der Waals surface area contributed by atoms with Gasteiger partial charge in [-0.05, 0) is 37.0 Å². The molecule has 1 aliphatic carbocycles. The standard InChI is InChI=1S/C12H16ClNO/c1-7-4-9(13)6-10(12(7)15)11(14)5-8-2-3-8/h4,6,8,11,15H,2-3,5,14H2,1H3/t11-/m1/s1. The molecule has 1 fully saturated rings. The Bertz CT molecular complexity index is 374. The molecule has 15 heavy (non-hydrogen) atoms. The van der Waals surface area contributed by atoms with Crippen molar-refractivity contribution >= 4 is 11.6 Å². The summed E-state index contributed by atoms with van der Waals surface area (Å²) in [4.78, 5) is 0. The lowest BCUT2D eigenvalue weighted by Gasteiger charge is -2.15. The van der Waals surface area contributed by atoms with E-state index in [1.165, 1.54) is 12.8 Å². The molecular formula is C12H16ClNO. The first kappa shape index (κ1) is 10.8. The minimum atomic E-state index is -0.0881. The van der Waals surface area contributed by atoms with E-state index in [4.69, 9.17) is 17.3 Å². The number of phenolic OH excluding ortho intramolecular Hbond substituents is 1. The molecule has 1 atom stereocenters. The number of benzene rings is 1. The number of nitrogens with two attached hydrogens (primary N) is 1. The second kappa shape index (κ2) is 4.03. The Morgan fingerprint density at radius 2 is 2.20 bits per heavy atom. The van der Waals surface area contributed by atoms with Crippen LogP contribution in [0.15, 0.2) is 12.1 Å². The topological polar surface area (TPSA) is 46.2 Å². The molecule has 0 aromatic heterocycles. The third-order valence-corrected chi connectivity index (χ3v) is 3.20. The normalized spacial score (nSPS) is 17.8. The highest BCUT2D eigenvalue weighted by Gasteiger charge is 2.26. The van der Waals surface area contributed by atoms with Crippen LogP contribution in [-0.4, -0.2) is 5.11 Å². The van der Waals surface area contributed by atoms with E-state index in [1.807, 2.05) is 6.92 Å². The van der Waals surface area contributed by atoms with E-state index in [0.29, 0.717) is 10.8 Å². The Kier molecular flexibility index (Phi) is 2.89. The maximum absolute atomic E-state index is 9.89. The maximum Gasteiger partial charge on any atom is 0.123 e. The van der Waals surface area contributed by atoms with Crippen LogP contribution in [0.25, 0.3) is 0 Å². The summed E-state index contributed by atoms with van der Waals surface area (Å²) in [7, 11) is 0. The first-order valence-corrected chi connectivity index (χ1v) is 5.70. The van der Waals surface area contributed by atoms with E-state index in [9.17, 15) is 5.11 Å². The molecule has 82 valence electrons. The van der Waals surface area contributed by atoms with Gasteiger partial charge >= 0.3 is 0 Å². The van der Waals surface area contributed by atoms with Gasteiger partial charge in [-0.1, -0.05) is 24.4 Å². The molecule has 1 aromatic carbocycles. The fourth-order valence-electron chi connectivity index (χ4n) is 1.88. The van der Waals surface area contributed by atoms with Gasteiger partial charge in [-0.15, -0.1) is 0 Å². The molecule has 3 heteroatoms. The molecule has 2 rings (SSSR count). The lowest BCUT2D eigenvalue weighted by molar-refractivity contribution is 0.451. The van der Waals surface area contributed by atoms with Gasteiger partial charge in [0.15, 0.2) is 0 Å². The van der Waals surface area contributed by atoms with Crippen LogP contribution >= 0.6 is 11.6 Å². The molecule has 0 radical (unpaired) electrons. The maximum atomic E-state index is 9.89. The third kappa shape index (κ3) is 2.44. The molecule has 1 saturated carbocycles. The number of hydrogen-bond donors (Lipinski definition) is 2. The van der Waals surface area contributed by atoms with E-state index >= 15 is 0 Å². The van der Waals surface area contributed by atoms with E-state index in [-0.39, 0.29) is 6.04 Å². The smallest absolute Gasteiger partial charge is 0.123 e. The molecule has 0 spiro atoms. The summed E-state index contributed by atoms with van der Waals surface area (Å²) in [6.45, 7) is 1.84. The molecule has 1 aromatic rings. The van der Waals surface area contributed by atoms with Crippen LogP contribution in [-0.2, 0) is 0 Å². The largest absolute Gasteiger partial charge is 0.507 e. The predicted octanol–water partition coefficient (Wildman–Crippen LogP) is 3.15. The number of halogens is 1. The molecule has 2 nitrogen and oxygen atoms in total. The van der Waals surface area contributed by atoms with Crippen LogP contribution in [0.4, 0.5) is 0 Å². The lowest BCUT2D eigenvalue weighted by Crippen LogP contribution is -2.11. The molecule has 0 aliphatic heterocycles. The molecule has 0 unspecified atom stereocenters. The highest BCUT2D eigenvalue weighted by molar-refractivity contribution is 6.30. The molecule has 0 bridgehead atoms. The van der Waals surface area contributed by atoms with Crippen molar-refractivity contribution in [3.8, 4) is 5.75 Å². The summed E-state index contributed by atoms with van der Waals surface area (Å²) >= 11 is 5.95. The predicted molar refractivity (Wildman–Crippen MR) is 62.1 cm³/mol. The quantitative estimate of drug-likeness (QED) is 0.830. The molecule has 0 saturated heterocycles. The zero-order chi connectivity index (χ0) is 11.0. The third-order valence-electron chi connectivity index (χ3n) is 2.98. The van der Waals surface area contributed by atoms with Crippen molar-refractivity contribution in [2.24, 2.45) is 11.7 Å². The first-order chi connectivity index (χ1) is 7.08. The Hall–Kier alpha value is -0.730. The van der Waals surface area contributed by atoms with Crippen molar-refractivity contribution < 1.29 is 5.11 Å².